The van der Waals surface area contributed by atoms with Crippen molar-refractivity contribution in [2.45, 2.75) is 142 Å². The zero-order valence-electron chi connectivity index (χ0n) is 29.7. The van der Waals surface area contributed by atoms with Gasteiger partial charge in [-0.3, -0.25) is 13.8 Å². The summed E-state index contributed by atoms with van der Waals surface area (Å²) in [4.78, 5) is 22.3. The Kier molecular flexibility index (Phi) is 34.1. The van der Waals surface area contributed by atoms with Gasteiger partial charge < -0.3 is 20.1 Å². The molecule has 0 amide bonds. The average Bonchev–Trinajstić information content (AvgIpc) is 3.06. The molecule has 0 aliphatic heterocycles. The highest BCUT2D eigenvalue weighted by Crippen LogP contribution is 2.43. The van der Waals surface area contributed by atoms with Crippen LogP contribution in [0.1, 0.15) is 136 Å². The van der Waals surface area contributed by atoms with Crippen molar-refractivity contribution in [2.24, 2.45) is 5.73 Å². The van der Waals surface area contributed by atoms with Crippen molar-refractivity contribution in [3.63, 3.8) is 0 Å². The number of phosphoric ester groups is 1. The van der Waals surface area contributed by atoms with Crippen molar-refractivity contribution < 1.29 is 32.8 Å². The van der Waals surface area contributed by atoms with Crippen LogP contribution in [0.2, 0.25) is 0 Å². The lowest BCUT2D eigenvalue weighted by molar-refractivity contribution is -0.154. The Balaban J connectivity index is 4.19. The van der Waals surface area contributed by atoms with Gasteiger partial charge in [-0.2, -0.15) is 0 Å². The second-order valence-corrected chi connectivity index (χ2v) is 13.2. The van der Waals surface area contributed by atoms with Gasteiger partial charge in [0, 0.05) is 19.6 Å². The molecular formula is C38H68NO7P. The van der Waals surface area contributed by atoms with Crippen molar-refractivity contribution in [1.29, 1.82) is 0 Å². The summed E-state index contributed by atoms with van der Waals surface area (Å²) in [6, 6.07) is 0. The average molecular weight is 682 g/mol. The molecule has 8 nitrogen and oxygen atoms in total. The third-order valence-electron chi connectivity index (χ3n) is 7.17. The molecular weight excluding hydrogens is 613 g/mol. The summed E-state index contributed by atoms with van der Waals surface area (Å²) in [5.41, 5.74) is 5.34. The van der Waals surface area contributed by atoms with E-state index < -0.39 is 13.9 Å². The van der Waals surface area contributed by atoms with E-state index in [0.29, 0.717) is 13.0 Å². The molecule has 0 fully saturated rings. The standard InChI is InChI=1S/C38H68NO7P/c1-3-5-7-9-11-13-15-17-19-21-23-25-27-29-31-38(40)46-37(36-45-47(41,42)44-34-32-39)35-43-33-30-28-26-24-22-20-18-16-14-12-10-8-6-4-2/h6,8-9,11-12,14-15,17-18,20,37H,3-5,7,10,13,16,19,21-36,39H2,1-2H3,(H,41,42)/b8-6-,11-9-,14-12-,17-15-,20-18-. The quantitative estimate of drug-likeness (QED) is 0.0298. The molecule has 9 heteroatoms. The van der Waals surface area contributed by atoms with E-state index in [2.05, 4.69) is 74.6 Å². The van der Waals surface area contributed by atoms with Crippen LogP contribution in [0.15, 0.2) is 60.8 Å². The number of esters is 1. The molecule has 0 aliphatic rings. The maximum Gasteiger partial charge on any atom is 0.472 e. The van der Waals surface area contributed by atoms with Gasteiger partial charge in [-0.15, -0.1) is 0 Å². The number of hydrogen-bond acceptors (Lipinski definition) is 7. The normalized spacial score (nSPS) is 14.4. The van der Waals surface area contributed by atoms with Crippen LogP contribution in [-0.2, 0) is 27.9 Å². The van der Waals surface area contributed by atoms with Gasteiger partial charge in [0.25, 0.3) is 0 Å². The van der Waals surface area contributed by atoms with Gasteiger partial charge in [-0.25, -0.2) is 4.57 Å². The Bertz CT molecular complexity index is 900. The van der Waals surface area contributed by atoms with Crippen LogP contribution in [0.25, 0.3) is 0 Å². The number of rotatable bonds is 34. The van der Waals surface area contributed by atoms with Crippen molar-refractivity contribution >= 4 is 13.8 Å². The van der Waals surface area contributed by atoms with E-state index in [1.807, 2.05) is 0 Å². The second kappa shape index (κ2) is 35.5. The molecule has 2 unspecified atom stereocenters. The summed E-state index contributed by atoms with van der Waals surface area (Å²) in [7, 11) is -4.28. The minimum absolute atomic E-state index is 0.0910. The van der Waals surface area contributed by atoms with Crippen molar-refractivity contribution in [2.75, 3.05) is 33.0 Å². The molecule has 0 saturated carbocycles. The Labute approximate surface area is 287 Å². The molecule has 0 saturated heterocycles. The predicted octanol–water partition coefficient (Wildman–Crippen LogP) is 10.2. The first kappa shape index (κ1) is 45.2. The van der Waals surface area contributed by atoms with E-state index in [-0.39, 0.29) is 32.3 Å². The summed E-state index contributed by atoms with van der Waals surface area (Å²) in [5, 5.41) is 0. The maximum atomic E-state index is 12.5. The summed E-state index contributed by atoms with van der Waals surface area (Å²) < 4.78 is 33.2. The first-order valence-electron chi connectivity index (χ1n) is 18.3. The molecule has 2 atom stereocenters. The van der Waals surface area contributed by atoms with E-state index in [0.717, 1.165) is 96.3 Å². The van der Waals surface area contributed by atoms with Gasteiger partial charge in [0.2, 0.25) is 0 Å². The fraction of sp³-hybridized carbons (Fsp3) is 0.711. The monoisotopic (exact) mass is 681 g/mol. The molecule has 0 aliphatic carbocycles. The molecule has 0 aromatic rings. The Hall–Kier alpha value is -1.80. The topological polar surface area (TPSA) is 117 Å². The Morgan fingerprint density at radius 3 is 1.79 bits per heavy atom. The minimum Gasteiger partial charge on any atom is -0.457 e. The van der Waals surface area contributed by atoms with Gasteiger partial charge in [-0.05, 0) is 70.6 Å². The summed E-state index contributed by atoms with van der Waals surface area (Å²) >= 11 is 0. The van der Waals surface area contributed by atoms with Crippen LogP contribution in [0.5, 0.6) is 0 Å². The number of phosphoric acid groups is 1. The lowest BCUT2D eigenvalue weighted by Crippen LogP contribution is -2.28. The maximum absolute atomic E-state index is 12.5. The molecule has 0 aromatic heterocycles. The lowest BCUT2D eigenvalue weighted by atomic mass is 10.1. The number of carbonyl (C=O) groups is 1. The first-order chi connectivity index (χ1) is 22.9. The fourth-order valence-electron chi connectivity index (χ4n) is 4.50. The summed E-state index contributed by atoms with van der Waals surface area (Å²) in [6.45, 7) is 4.66. The van der Waals surface area contributed by atoms with Crippen LogP contribution in [0.3, 0.4) is 0 Å². The molecule has 0 radical (unpaired) electrons. The Morgan fingerprint density at radius 1 is 0.660 bits per heavy atom. The fourth-order valence-corrected chi connectivity index (χ4v) is 5.26. The zero-order chi connectivity index (χ0) is 34.5. The van der Waals surface area contributed by atoms with Gasteiger partial charge >= 0.3 is 13.8 Å². The molecule has 0 bridgehead atoms. The van der Waals surface area contributed by atoms with E-state index in [9.17, 15) is 14.3 Å². The number of hydrogen-bond donors (Lipinski definition) is 2. The zero-order valence-corrected chi connectivity index (χ0v) is 30.6. The van der Waals surface area contributed by atoms with Gasteiger partial charge in [0.15, 0.2) is 0 Å². The second-order valence-electron chi connectivity index (χ2n) is 11.7. The lowest BCUT2D eigenvalue weighted by Gasteiger charge is -2.20. The molecule has 0 rings (SSSR count). The van der Waals surface area contributed by atoms with E-state index in [4.69, 9.17) is 24.3 Å². The van der Waals surface area contributed by atoms with Crippen molar-refractivity contribution in [1.82, 2.24) is 0 Å². The molecule has 0 aromatic carbocycles. The van der Waals surface area contributed by atoms with Crippen LogP contribution < -0.4 is 5.73 Å². The molecule has 47 heavy (non-hydrogen) atoms. The van der Waals surface area contributed by atoms with Crippen LogP contribution in [0, 0.1) is 0 Å². The van der Waals surface area contributed by atoms with E-state index >= 15 is 0 Å². The van der Waals surface area contributed by atoms with Crippen LogP contribution in [0.4, 0.5) is 0 Å². The van der Waals surface area contributed by atoms with Crippen LogP contribution >= 0.6 is 7.82 Å². The molecule has 0 spiro atoms. The van der Waals surface area contributed by atoms with Crippen molar-refractivity contribution in [3.8, 4) is 0 Å². The highest BCUT2D eigenvalue weighted by molar-refractivity contribution is 7.47. The summed E-state index contributed by atoms with van der Waals surface area (Å²) in [6.07, 6.45) is 40.9. The summed E-state index contributed by atoms with van der Waals surface area (Å²) in [5.74, 6) is -0.357. The number of nitrogens with two attached hydrogens (primary N) is 1. The first-order valence-corrected chi connectivity index (χ1v) is 19.8. The van der Waals surface area contributed by atoms with Gasteiger partial charge in [0.05, 0.1) is 19.8 Å². The number of carbonyl (C=O) groups excluding carboxylic acids is 1. The van der Waals surface area contributed by atoms with E-state index in [1.165, 1.54) is 19.3 Å². The van der Waals surface area contributed by atoms with Gasteiger partial charge in [-0.1, -0.05) is 120 Å². The number of unbranched alkanes of at least 4 members (excludes halogenated alkanes) is 11. The van der Waals surface area contributed by atoms with E-state index in [1.54, 1.807) is 0 Å². The highest BCUT2D eigenvalue weighted by Gasteiger charge is 2.25. The minimum atomic E-state index is -4.28. The molecule has 0 heterocycles. The Morgan fingerprint density at radius 2 is 1.19 bits per heavy atom. The molecule has 272 valence electrons. The molecule has 3 N–H and O–H groups in total. The number of allylic oxidation sites excluding steroid dienone is 10. The van der Waals surface area contributed by atoms with Crippen molar-refractivity contribution in [3.05, 3.63) is 60.8 Å². The highest BCUT2D eigenvalue weighted by atomic mass is 31.2. The predicted molar refractivity (Wildman–Crippen MR) is 196 cm³/mol. The number of ether oxygens (including phenoxy) is 2. The smallest absolute Gasteiger partial charge is 0.457 e. The van der Waals surface area contributed by atoms with Gasteiger partial charge in [0.1, 0.15) is 6.10 Å². The SMILES string of the molecule is CC/C=C\C/C=C\C/C=C\CCCCCCOCC(COP(=O)(O)OCCN)OC(=O)CCCCCCC/C=C\C/C=C\CCCC. The largest absolute Gasteiger partial charge is 0.472 e. The third kappa shape index (κ3) is 35.3. The van der Waals surface area contributed by atoms with Crippen LogP contribution in [-0.4, -0.2) is 49.9 Å². The third-order valence-corrected chi connectivity index (χ3v) is 8.15.